The van der Waals surface area contributed by atoms with Crippen LogP contribution in [0.25, 0.3) is 5.69 Å². The summed E-state index contributed by atoms with van der Waals surface area (Å²) in [5.74, 6) is 0.709. The van der Waals surface area contributed by atoms with Crippen LogP contribution in [0.2, 0.25) is 0 Å². The topological polar surface area (TPSA) is 75.1 Å². The van der Waals surface area contributed by atoms with Crippen LogP contribution in [0.3, 0.4) is 0 Å². The van der Waals surface area contributed by atoms with E-state index in [2.05, 4.69) is 20.7 Å². The van der Waals surface area contributed by atoms with Gasteiger partial charge in [-0.1, -0.05) is 0 Å². The first-order valence-electron chi connectivity index (χ1n) is 9.04. The predicted octanol–water partition coefficient (Wildman–Crippen LogP) is 2.26. The molecule has 0 saturated carbocycles. The average molecular weight is 340 g/mol. The summed E-state index contributed by atoms with van der Waals surface area (Å²) in [7, 11) is 0. The fourth-order valence-electron chi connectivity index (χ4n) is 3.85. The summed E-state index contributed by atoms with van der Waals surface area (Å²) >= 11 is 0. The van der Waals surface area contributed by atoms with Gasteiger partial charge in [0.1, 0.15) is 0 Å². The van der Waals surface area contributed by atoms with Crippen molar-refractivity contribution in [1.29, 1.82) is 0 Å². The van der Waals surface area contributed by atoms with Crippen LogP contribution in [0.15, 0.2) is 36.9 Å². The molecular formula is C18H24N6O. The van der Waals surface area contributed by atoms with Crippen molar-refractivity contribution in [3.63, 3.8) is 0 Å². The van der Waals surface area contributed by atoms with Crippen LogP contribution in [0.5, 0.6) is 0 Å². The van der Waals surface area contributed by atoms with E-state index in [-0.39, 0.29) is 6.03 Å². The number of hydrogen-bond acceptors (Lipinski definition) is 4. The number of aromatic nitrogens is 3. The zero-order valence-corrected chi connectivity index (χ0v) is 14.3. The highest BCUT2D eigenvalue weighted by molar-refractivity contribution is 5.89. The molecule has 25 heavy (non-hydrogen) atoms. The molecule has 0 aromatic carbocycles. The quantitative estimate of drug-likeness (QED) is 0.899. The Morgan fingerprint density at radius 3 is 2.72 bits per heavy atom. The smallest absolute Gasteiger partial charge is 0.321 e. The van der Waals surface area contributed by atoms with Gasteiger partial charge in [0.2, 0.25) is 0 Å². The number of pyridine rings is 1. The molecule has 0 aliphatic carbocycles. The Balaban J connectivity index is 1.31. The number of carbonyl (C=O) groups is 1. The maximum atomic E-state index is 12.5. The highest BCUT2D eigenvalue weighted by Crippen LogP contribution is 2.26. The van der Waals surface area contributed by atoms with Gasteiger partial charge >= 0.3 is 6.03 Å². The van der Waals surface area contributed by atoms with Gasteiger partial charge in [0.25, 0.3) is 0 Å². The van der Waals surface area contributed by atoms with Gasteiger partial charge in [-0.25, -0.2) is 9.48 Å². The van der Waals surface area contributed by atoms with E-state index in [9.17, 15) is 4.79 Å². The first-order chi connectivity index (χ1) is 12.3. The molecule has 2 saturated heterocycles. The number of piperidine rings is 1. The third-order valence-electron chi connectivity index (χ3n) is 5.26. The molecule has 4 rings (SSSR count). The van der Waals surface area contributed by atoms with E-state index in [1.165, 1.54) is 12.8 Å². The van der Waals surface area contributed by atoms with Crippen molar-refractivity contribution >= 4 is 11.7 Å². The summed E-state index contributed by atoms with van der Waals surface area (Å²) < 4.78 is 1.73. The minimum atomic E-state index is -0.0351. The van der Waals surface area contributed by atoms with Crippen molar-refractivity contribution in [2.24, 2.45) is 5.92 Å². The van der Waals surface area contributed by atoms with Crippen LogP contribution in [0.1, 0.15) is 25.7 Å². The van der Waals surface area contributed by atoms with Crippen molar-refractivity contribution in [2.75, 3.05) is 25.0 Å². The fraction of sp³-hybridized carbons (Fsp3) is 0.500. The van der Waals surface area contributed by atoms with Crippen LogP contribution in [-0.4, -0.2) is 51.4 Å². The Morgan fingerprint density at radius 2 is 2.00 bits per heavy atom. The lowest BCUT2D eigenvalue weighted by molar-refractivity contribution is 0.170. The second kappa shape index (κ2) is 7.23. The highest BCUT2D eigenvalue weighted by Gasteiger charge is 2.29. The SMILES string of the molecule is O=C(Nc1cnn(-c2ccncc2)c1)N1CCC(C2CCCN2)CC1. The average Bonchev–Trinajstić information content (AvgIpc) is 3.35. The Kier molecular flexibility index (Phi) is 4.65. The summed E-state index contributed by atoms with van der Waals surface area (Å²) in [5.41, 5.74) is 1.63. The molecule has 0 bridgehead atoms. The lowest BCUT2D eigenvalue weighted by Gasteiger charge is -2.34. The van der Waals surface area contributed by atoms with Crippen LogP contribution < -0.4 is 10.6 Å². The fourth-order valence-corrected chi connectivity index (χ4v) is 3.85. The molecule has 132 valence electrons. The number of nitrogens with one attached hydrogen (secondary N) is 2. The number of rotatable bonds is 3. The molecule has 2 N–H and O–H groups in total. The minimum Gasteiger partial charge on any atom is -0.325 e. The molecular weight excluding hydrogens is 316 g/mol. The first-order valence-corrected chi connectivity index (χ1v) is 9.04. The van der Waals surface area contributed by atoms with E-state index in [1.54, 1.807) is 23.3 Å². The van der Waals surface area contributed by atoms with E-state index in [0.717, 1.165) is 38.2 Å². The van der Waals surface area contributed by atoms with E-state index in [0.29, 0.717) is 17.6 Å². The molecule has 2 aliphatic heterocycles. The Labute approximate surface area is 147 Å². The van der Waals surface area contributed by atoms with Crippen LogP contribution in [-0.2, 0) is 0 Å². The zero-order valence-electron chi connectivity index (χ0n) is 14.3. The maximum absolute atomic E-state index is 12.5. The maximum Gasteiger partial charge on any atom is 0.321 e. The Morgan fingerprint density at radius 1 is 1.20 bits per heavy atom. The molecule has 2 aromatic rings. The third-order valence-corrected chi connectivity index (χ3v) is 5.26. The number of urea groups is 1. The molecule has 4 heterocycles. The second-order valence-electron chi connectivity index (χ2n) is 6.84. The molecule has 0 radical (unpaired) electrons. The van der Waals surface area contributed by atoms with Crippen LogP contribution >= 0.6 is 0 Å². The molecule has 1 atom stereocenters. The van der Waals surface area contributed by atoms with Crippen molar-refractivity contribution in [1.82, 2.24) is 25.0 Å². The van der Waals surface area contributed by atoms with Gasteiger partial charge in [0, 0.05) is 31.5 Å². The minimum absolute atomic E-state index is 0.0351. The molecule has 1 unspecified atom stereocenters. The largest absolute Gasteiger partial charge is 0.325 e. The Hall–Kier alpha value is -2.41. The molecule has 2 fully saturated rings. The molecule has 7 heteroatoms. The molecule has 7 nitrogen and oxygen atoms in total. The normalized spacial score (nSPS) is 21.4. The number of nitrogens with zero attached hydrogens (tertiary/aromatic N) is 4. The van der Waals surface area contributed by atoms with E-state index in [1.807, 2.05) is 23.2 Å². The summed E-state index contributed by atoms with van der Waals surface area (Å²) in [6.07, 6.45) is 11.7. The lowest BCUT2D eigenvalue weighted by atomic mass is 9.89. The van der Waals surface area contributed by atoms with E-state index in [4.69, 9.17) is 0 Å². The van der Waals surface area contributed by atoms with E-state index >= 15 is 0 Å². The monoisotopic (exact) mass is 340 g/mol. The van der Waals surface area contributed by atoms with Crippen molar-refractivity contribution in [3.05, 3.63) is 36.9 Å². The van der Waals surface area contributed by atoms with E-state index < -0.39 is 0 Å². The third kappa shape index (κ3) is 3.66. The zero-order chi connectivity index (χ0) is 17.1. The highest BCUT2D eigenvalue weighted by atomic mass is 16.2. The summed E-state index contributed by atoms with van der Waals surface area (Å²) in [5, 5.41) is 10.8. The number of hydrogen-bond donors (Lipinski definition) is 2. The number of amides is 2. The number of carbonyl (C=O) groups excluding carboxylic acids is 1. The van der Waals surface area contributed by atoms with Gasteiger partial charge in [-0.3, -0.25) is 4.98 Å². The lowest BCUT2D eigenvalue weighted by Crippen LogP contribution is -2.44. The first kappa shape index (κ1) is 16.1. The molecule has 2 aromatic heterocycles. The van der Waals surface area contributed by atoms with Gasteiger partial charge in [0.15, 0.2) is 0 Å². The van der Waals surface area contributed by atoms with Gasteiger partial charge < -0.3 is 15.5 Å². The predicted molar refractivity (Wildman–Crippen MR) is 95.7 cm³/mol. The van der Waals surface area contributed by atoms with Gasteiger partial charge in [-0.05, 0) is 50.3 Å². The van der Waals surface area contributed by atoms with Gasteiger partial charge in [-0.2, -0.15) is 5.10 Å². The van der Waals surface area contributed by atoms with Crippen LogP contribution in [0, 0.1) is 5.92 Å². The van der Waals surface area contributed by atoms with Crippen LogP contribution in [0.4, 0.5) is 10.5 Å². The molecule has 2 aliphatic rings. The molecule has 2 amide bonds. The van der Waals surface area contributed by atoms with Crippen molar-refractivity contribution < 1.29 is 4.79 Å². The van der Waals surface area contributed by atoms with Crippen molar-refractivity contribution in [3.8, 4) is 5.69 Å². The summed E-state index contributed by atoms with van der Waals surface area (Å²) in [4.78, 5) is 18.4. The molecule has 0 spiro atoms. The number of anilines is 1. The van der Waals surface area contributed by atoms with Gasteiger partial charge in [0.05, 0.1) is 23.8 Å². The van der Waals surface area contributed by atoms with Crippen molar-refractivity contribution in [2.45, 2.75) is 31.7 Å². The Bertz CT molecular complexity index is 701. The number of likely N-dealkylation sites (tertiary alicyclic amines) is 1. The second-order valence-corrected chi connectivity index (χ2v) is 6.84. The summed E-state index contributed by atoms with van der Waals surface area (Å²) in [6.45, 7) is 2.80. The van der Waals surface area contributed by atoms with Gasteiger partial charge in [-0.15, -0.1) is 0 Å². The standard InChI is InChI=1S/C18H24N6O/c25-18(23-10-5-14(6-11-23)17-2-1-7-20-17)22-15-12-21-24(13-15)16-3-8-19-9-4-16/h3-4,8-9,12-14,17,20H,1-2,5-7,10-11H2,(H,22,25). The summed E-state index contributed by atoms with van der Waals surface area (Å²) in [6, 6.07) is 4.37.